The molecule has 1 aliphatic carbocycles. The van der Waals surface area contributed by atoms with Crippen LogP contribution >= 0.6 is 0 Å². The van der Waals surface area contributed by atoms with Gasteiger partial charge in [-0.2, -0.15) is 0 Å². The maximum atomic E-state index is 14.7. The van der Waals surface area contributed by atoms with Gasteiger partial charge in [0.2, 0.25) is 0 Å². The summed E-state index contributed by atoms with van der Waals surface area (Å²) < 4.78 is 20.6. The van der Waals surface area contributed by atoms with Crippen molar-refractivity contribution in [2.24, 2.45) is 0 Å². The molecule has 1 saturated carbocycles. The van der Waals surface area contributed by atoms with Crippen LogP contribution in [0.5, 0.6) is 0 Å². The largest absolute Gasteiger partial charge is 0.374 e. The van der Waals surface area contributed by atoms with Crippen molar-refractivity contribution in [1.82, 2.24) is 4.90 Å². The normalized spacial score (nSPS) is 19.4. The molecule has 166 valence electrons. The molecule has 1 aliphatic heterocycles. The van der Waals surface area contributed by atoms with Crippen molar-refractivity contribution in [3.05, 3.63) is 59.4 Å². The van der Waals surface area contributed by atoms with Crippen molar-refractivity contribution < 1.29 is 13.9 Å². The van der Waals surface area contributed by atoms with Crippen LogP contribution in [0.3, 0.4) is 0 Å². The van der Waals surface area contributed by atoms with Crippen LogP contribution in [-0.2, 0) is 11.3 Å². The predicted octanol–water partition coefficient (Wildman–Crippen LogP) is 4.68. The summed E-state index contributed by atoms with van der Waals surface area (Å²) in [6.45, 7) is 2.35. The van der Waals surface area contributed by atoms with E-state index >= 15 is 0 Å². The van der Waals surface area contributed by atoms with E-state index in [2.05, 4.69) is 29.2 Å². The molecule has 0 spiro atoms. The number of ether oxygens (including phenoxy) is 1. The van der Waals surface area contributed by atoms with Crippen molar-refractivity contribution in [2.45, 2.75) is 50.9 Å². The molecule has 6 heteroatoms. The number of rotatable bonds is 7. The number of hydrogen-bond acceptors (Lipinski definition) is 4. The third-order valence-corrected chi connectivity index (χ3v) is 6.46. The van der Waals surface area contributed by atoms with Gasteiger partial charge in [0, 0.05) is 30.4 Å². The monoisotopic (exact) mass is 425 g/mol. The van der Waals surface area contributed by atoms with E-state index in [1.165, 1.54) is 18.9 Å². The Bertz CT molecular complexity index is 894. The van der Waals surface area contributed by atoms with E-state index in [9.17, 15) is 9.18 Å². The van der Waals surface area contributed by atoms with E-state index in [1.807, 2.05) is 18.2 Å². The summed E-state index contributed by atoms with van der Waals surface area (Å²) in [6, 6.07) is 12.8. The van der Waals surface area contributed by atoms with Crippen molar-refractivity contribution in [3.8, 4) is 0 Å². The van der Waals surface area contributed by atoms with Gasteiger partial charge in [-0.05, 0) is 69.3 Å². The topological polar surface area (TPSA) is 44.8 Å². The smallest absolute Gasteiger partial charge is 0.255 e. The van der Waals surface area contributed by atoms with E-state index in [4.69, 9.17) is 4.74 Å². The first-order valence-corrected chi connectivity index (χ1v) is 11.2. The Hall–Kier alpha value is -2.44. The Kier molecular flexibility index (Phi) is 6.88. The van der Waals surface area contributed by atoms with Gasteiger partial charge in [0.05, 0.1) is 18.4 Å². The van der Waals surface area contributed by atoms with Gasteiger partial charge in [-0.15, -0.1) is 0 Å². The Morgan fingerprint density at radius 1 is 1.13 bits per heavy atom. The third kappa shape index (κ3) is 5.43. The number of anilines is 2. The zero-order chi connectivity index (χ0) is 21.8. The van der Waals surface area contributed by atoms with Crippen molar-refractivity contribution in [2.75, 3.05) is 37.4 Å². The zero-order valence-corrected chi connectivity index (χ0v) is 18.4. The molecule has 1 amide bonds. The number of benzene rings is 2. The number of carbonyl (C=O) groups is 1. The number of nitrogens with one attached hydrogen (secondary N) is 1. The molecule has 1 N–H and O–H groups in total. The first kappa shape index (κ1) is 21.8. The second-order valence-electron chi connectivity index (χ2n) is 8.88. The summed E-state index contributed by atoms with van der Waals surface area (Å²) in [7, 11) is 4.14. The van der Waals surface area contributed by atoms with Crippen LogP contribution in [0.25, 0.3) is 0 Å². The minimum Gasteiger partial charge on any atom is -0.374 e. The number of amides is 1. The molecule has 0 bridgehead atoms. The first-order valence-electron chi connectivity index (χ1n) is 11.2. The number of likely N-dealkylation sites (N-methyl/N-ethyl adjacent to an activating group) is 1. The standard InChI is InChI=1S/C25H32FN3O2/c1-28(2)21-13-14-29(16-21)20-11-12-24(23(26)15-20)27-25(30)19-9-7-18(8-10-19)17-31-22-5-3-4-6-22/h7-12,15,21-22H,3-6,13-14,16-17H2,1-2H3,(H,27,30). The van der Waals surface area contributed by atoms with Crippen LogP contribution in [0.4, 0.5) is 15.8 Å². The summed E-state index contributed by atoms with van der Waals surface area (Å²) in [5.41, 5.74) is 2.60. The SMILES string of the molecule is CN(C)C1CCN(c2ccc(NC(=O)c3ccc(COC4CCCC4)cc3)c(F)c2)C1. The molecule has 2 aromatic carbocycles. The Labute approximate surface area is 184 Å². The molecule has 0 radical (unpaired) electrons. The molecule has 2 aromatic rings. The van der Waals surface area contributed by atoms with E-state index in [0.717, 1.165) is 43.6 Å². The van der Waals surface area contributed by atoms with Crippen LogP contribution in [0.1, 0.15) is 48.0 Å². The number of halogens is 1. The lowest BCUT2D eigenvalue weighted by Gasteiger charge is -2.22. The minimum atomic E-state index is -0.416. The summed E-state index contributed by atoms with van der Waals surface area (Å²) in [4.78, 5) is 17.0. The highest BCUT2D eigenvalue weighted by Gasteiger charge is 2.24. The fourth-order valence-electron chi connectivity index (χ4n) is 4.42. The maximum absolute atomic E-state index is 14.7. The number of nitrogens with zero attached hydrogens (tertiary/aromatic N) is 2. The first-order chi connectivity index (χ1) is 15.0. The van der Waals surface area contributed by atoms with E-state index in [0.29, 0.717) is 24.3 Å². The lowest BCUT2D eigenvalue weighted by molar-refractivity contribution is 0.0457. The molecule has 1 unspecified atom stereocenters. The summed E-state index contributed by atoms with van der Waals surface area (Å²) in [5.74, 6) is -0.732. The molecular weight excluding hydrogens is 393 g/mol. The molecule has 1 atom stereocenters. The van der Waals surface area contributed by atoms with Gasteiger partial charge in [-0.3, -0.25) is 4.79 Å². The maximum Gasteiger partial charge on any atom is 0.255 e. The van der Waals surface area contributed by atoms with Crippen LogP contribution in [0.15, 0.2) is 42.5 Å². The lowest BCUT2D eigenvalue weighted by Crippen LogP contribution is -2.31. The third-order valence-electron chi connectivity index (χ3n) is 6.46. The van der Waals surface area contributed by atoms with Crippen molar-refractivity contribution in [3.63, 3.8) is 0 Å². The Morgan fingerprint density at radius 3 is 2.52 bits per heavy atom. The van der Waals surface area contributed by atoms with Gasteiger partial charge in [0.15, 0.2) is 0 Å². The quantitative estimate of drug-likeness (QED) is 0.700. The van der Waals surface area contributed by atoms with Crippen LogP contribution in [0, 0.1) is 5.82 Å². The van der Waals surface area contributed by atoms with Crippen molar-refractivity contribution in [1.29, 1.82) is 0 Å². The highest BCUT2D eigenvalue weighted by atomic mass is 19.1. The van der Waals surface area contributed by atoms with Crippen LogP contribution < -0.4 is 10.2 Å². The fourth-order valence-corrected chi connectivity index (χ4v) is 4.42. The highest BCUT2D eigenvalue weighted by molar-refractivity contribution is 6.04. The second-order valence-corrected chi connectivity index (χ2v) is 8.88. The highest BCUT2D eigenvalue weighted by Crippen LogP contribution is 2.27. The molecule has 1 heterocycles. The lowest BCUT2D eigenvalue weighted by atomic mass is 10.1. The van der Waals surface area contributed by atoms with Gasteiger partial charge in [-0.1, -0.05) is 25.0 Å². The van der Waals surface area contributed by atoms with Gasteiger partial charge in [-0.25, -0.2) is 4.39 Å². The van der Waals surface area contributed by atoms with E-state index < -0.39 is 5.82 Å². The van der Waals surface area contributed by atoms with E-state index in [-0.39, 0.29) is 11.6 Å². The molecule has 2 fully saturated rings. The summed E-state index contributed by atoms with van der Waals surface area (Å²) >= 11 is 0. The number of hydrogen-bond donors (Lipinski definition) is 1. The molecule has 1 saturated heterocycles. The summed E-state index contributed by atoms with van der Waals surface area (Å²) in [5, 5.41) is 2.70. The molecule has 5 nitrogen and oxygen atoms in total. The zero-order valence-electron chi connectivity index (χ0n) is 18.4. The summed E-state index contributed by atoms with van der Waals surface area (Å²) in [6.07, 6.45) is 6.20. The molecule has 0 aromatic heterocycles. The van der Waals surface area contributed by atoms with Crippen LogP contribution in [-0.4, -0.2) is 50.1 Å². The van der Waals surface area contributed by atoms with Crippen LogP contribution in [0.2, 0.25) is 0 Å². The van der Waals surface area contributed by atoms with Gasteiger partial charge < -0.3 is 19.9 Å². The predicted molar refractivity (Wildman–Crippen MR) is 122 cm³/mol. The van der Waals surface area contributed by atoms with Gasteiger partial charge in [0.25, 0.3) is 5.91 Å². The molecule has 2 aliphatic rings. The van der Waals surface area contributed by atoms with Gasteiger partial charge in [0.1, 0.15) is 5.82 Å². The average Bonchev–Trinajstić information content (AvgIpc) is 3.46. The Morgan fingerprint density at radius 2 is 1.87 bits per heavy atom. The average molecular weight is 426 g/mol. The molecular formula is C25H32FN3O2. The number of carbonyl (C=O) groups excluding carboxylic acids is 1. The van der Waals surface area contributed by atoms with Gasteiger partial charge >= 0.3 is 0 Å². The molecule has 4 rings (SSSR count). The minimum absolute atomic E-state index is 0.200. The fraction of sp³-hybridized carbons (Fsp3) is 0.480. The van der Waals surface area contributed by atoms with Crippen molar-refractivity contribution >= 4 is 17.3 Å². The van der Waals surface area contributed by atoms with E-state index in [1.54, 1.807) is 18.2 Å². The second kappa shape index (κ2) is 9.79. The molecule has 31 heavy (non-hydrogen) atoms. The Balaban J connectivity index is 1.33.